The zero-order chi connectivity index (χ0) is 17.6. The van der Waals surface area contributed by atoms with Crippen molar-refractivity contribution in [1.29, 1.82) is 0 Å². The van der Waals surface area contributed by atoms with Crippen LogP contribution in [0, 0.1) is 23.7 Å². The highest BCUT2D eigenvalue weighted by Crippen LogP contribution is 2.37. The number of carbonyl (C=O) groups is 1. The third-order valence-corrected chi connectivity index (χ3v) is 7.19. The quantitative estimate of drug-likeness (QED) is 0.435. The number of hydrogen-bond acceptors (Lipinski definition) is 2. The lowest BCUT2D eigenvalue weighted by Crippen LogP contribution is -2.30. The maximum absolute atomic E-state index is 13.2. The lowest BCUT2D eigenvalue weighted by atomic mass is 9.76. The lowest BCUT2D eigenvalue weighted by Gasteiger charge is -2.31. The molecule has 0 unspecified atom stereocenters. The number of alkyl halides is 1. The normalized spacial score (nSPS) is 35.5. The molecule has 0 aromatic rings. The van der Waals surface area contributed by atoms with Crippen molar-refractivity contribution < 1.29 is 13.9 Å². The summed E-state index contributed by atoms with van der Waals surface area (Å²) in [4.78, 5) is 12.4. The summed E-state index contributed by atoms with van der Waals surface area (Å²) < 4.78 is 18.9. The summed E-state index contributed by atoms with van der Waals surface area (Å²) in [6.45, 7) is 2.39. The number of hydrogen-bond donors (Lipinski definition) is 0. The molecule has 0 heterocycles. The van der Waals surface area contributed by atoms with Crippen LogP contribution in [-0.4, -0.2) is 18.2 Å². The van der Waals surface area contributed by atoms with Crippen molar-refractivity contribution in [1.82, 2.24) is 0 Å². The second kappa shape index (κ2) is 13.6. The van der Waals surface area contributed by atoms with Crippen molar-refractivity contribution in [3.63, 3.8) is 0 Å². The molecular weight excluding hydrogens is 351 g/mol. The van der Waals surface area contributed by atoms with E-state index in [0.717, 1.165) is 30.6 Å². The standard InChI is InChI=1S/C22H37FO2.3CH4/c1-16-2-4-17(5-3-16)6-7-18-8-10-19(11-9-18)22(24)25-21-14-12-20(23)13-15-21;;;/h16-21H,2-15H2,1H3;3*1H4. The molecule has 28 heavy (non-hydrogen) atoms. The van der Waals surface area contributed by atoms with E-state index in [1.54, 1.807) is 0 Å². The minimum absolute atomic E-state index is 0. The molecule has 3 fully saturated rings. The number of halogens is 1. The van der Waals surface area contributed by atoms with Gasteiger partial charge in [-0.3, -0.25) is 4.79 Å². The van der Waals surface area contributed by atoms with E-state index >= 15 is 0 Å². The van der Waals surface area contributed by atoms with Crippen molar-refractivity contribution in [3.8, 4) is 0 Å². The van der Waals surface area contributed by atoms with Crippen LogP contribution in [0.1, 0.15) is 119 Å². The Morgan fingerprint density at radius 2 is 1.21 bits per heavy atom. The fourth-order valence-electron chi connectivity index (χ4n) is 5.18. The SMILES string of the molecule is C.C.C.CC1CCC(CCC2CCC(C(=O)OC3CCC(F)CC3)CC2)CC1. The molecule has 0 spiro atoms. The summed E-state index contributed by atoms with van der Waals surface area (Å²) in [5.74, 6) is 2.84. The molecular formula is C25H49FO2. The molecule has 0 aromatic heterocycles. The summed E-state index contributed by atoms with van der Waals surface area (Å²) >= 11 is 0. The highest BCUT2D eigenvalue weighted by Gasteiger charge is 2.31. The minimum atomic E-state index is -0.683. The second-order valence-electron chi connectivity index (χ2n) is 9.23. The van der Waals surface area contributed by atoms with E-state index in [2.05, 4.69) is 6.92 Å². The third kappa shape index (κ3) is 8.41. The van der Waals surface area contributed by atoms with E-state index in [1.807, 2.05) is 0 Å². The molecule has 3 aliphatic carbocycles. The highest BCUT2D eigenvalue weighted by molar-refractivity contribution is 5.72. The monoisotopic (exact) mass is 400 g/mol. The molecule has 0 bridgehead atoms. The van der Waals surface area contributed by atoms with Crippen LogP contribution in [0.2, 0.25) is 0 Å². The number of esters is 1. The van der Waals surface area contributed by atoms with E-state index in [0.29, 0.717) is 25.7 Å². The first-order valence-electron chi connectivity index (χ1n) is 10.9. The van der Waals surface area contributed by atoms with E-state index in [1.165, 1.54) is 51.4 Å². The molecule has 0 aliphatic heterocycles. The van der Waals surface area contributed by atoms with Gasteiger partial charge in [-0.2, -0.15) is 0 Å². The highest BCUT2D eigenvalue weighted by atomic mass is 19.1. The minimum Gasteiger partial charge on any atom is -0.462 e. The Labute approximate surface area is 175 Å². The van der Waals surface area contributed by atoms with Crippen LogP contribution >= 0.6 is 0 Å². The first-order chi connectivity index (χ1) is 12.1. The van der Waals surface area contributed by atoms with Gasteiger partial charge in [0.05, 0.1) is 5.92 Å². The number of carbonyl (C=O) groups excluding carboxylic acids is 1. The predicted molar refractivity (Wildman–Crippen MR) is 119 cm³/mol. The van der Waals surface area contributed by atoms with Gasteiger partial charge in [0, 0.05) is 0 Å². The van der Waals surface area contributed by atoms with Crippen molar-refractivity contribution in [2.75, 3.05) is 0 Å². The molecule has 0 radical (unpaired) electrons. The molecule has 0 amide bonds. The molecule has 0 atom stereocenters. The van der Waals surface area contributed by atoms with Crippen molar-refractivity contribution >= 4 is 5.97 Å². The second-order valence-corrected chi connectivity index (χ2v) is 9.23. The Morgan fingerprint density at radius 1 is 0.750 bits per heavy atom. The molecule has 0 saturated heterocycles. The topological polar surface area (TPSA) is 26.3 Å². The average Bonchev–Trinajstić information content (AvgIpc) is 2.63. The molecule has 168 valence electrons. The molecule has 3 saturated carbocycles. The lowest BCUT2D eigenvalue weighted by molar-refractivity contribution is -0.157. The molecule has 2 nitrogen and oxygen atoms in total. The van der Waals surface area contributed by atoms with Crippen LogP contribution in [0.15, 0.2) is 0 Å². The Hall–Kier alpha value is -0.600. The van der Waals surface area contributed by atoms with Crippen LogP contribution < -0.4 is 0 Å². The van der Waals surface area contributed by atoms with Crippen molar-refractivity contribution in [2.45, 2.75) is 131 Å². The van der Waals surface area contributed by atoms with Gasteiger partial charge in [-0.05, 0) is 69.1 Å². The summed E-state index contributed by atoms with van der Waals surface area (Å²) in [6, 6.07) is 0. The predicted octanol–water partition coefficient (Wildman–Crippen LogP) is 8.13. The van der Waals surface area contributed by atoms with Gasteiger partial charge in [0.2, 0.25) is 0 Å². The molecule has 3 heteroatoms. The average molecular weight is 401 g/mol. The van der Waals surface area contributed by atoms with Crippen molar-refractivity contribution in [2.24, 2.45) is 23.7 Å². The fourth-order valence-corrected chi connectivity index (χ4v) is 5.18. The summed E-state index contributed by atoms with van der Waals surface area (Å²) in [7, 11) is 0. The van der Waals surface area contributed by atoms with Crippen molar-refractivity contribution in [3.05, 3.63) is 0 Å². The van der Waals surface area contributed by atoms with E-state index in [4.69, 9.17) is 4.74 Å². The maximum atomic E-state index is 13.2. The Balaban J connectivity index is 0.00000243. The summed E-state index contributed by atoms with van der Waals surface area (Å²) in [6.07, 6.45) is 14.7. The first-order valence-corrected chi connectivity index (χ1v) is 10.9. The van der Waals surface area contributed by atoms with Gasteiger partial charge in [0.25, 0.3) is 0 Å². The van der Waals surface area contributed by atoms with Gasteiger partial charge in [0.15, 0.2) is 0 Å². The molecule has 3 aliphatic rings. The van der Waals surface area contributed by atoms with Gasteiger partial charge >= 0.3 is 5.97 Å². The molecule has 0 aromatic carbocycles. The van der Waals surface area contributed by atoms with E-state index in [9.17, 15) is 9.18 Å². The van der Waals surface area contributed by atoms with Crippen LogP contribution in [0.4, 0.5) is 4.39 Å². The van der Waals surface area contributed by atoms with Crippen LogP contribution in [0.25, 0.3) is 0 Å². The largest absolute Gasteiger partial charge is 0.462 e. The maximum Gasteiger partial charge on any atom is 0.309 e. The van der Waals surface area contributed by atoms with Crippen LogP contribution in [0.3, 0.4) is 0 Å². The first kappa shape index (κ1) is 27.4. The van der Waals surface area contributed by atoms with Gasteiger partial charge in [-0.1, -0.05) is 67.7 Å². The van der Waals surface area contributed by atoms with E-state index < -0.39 is 6.17 Å². The smallest absolute Gasteiger partial charge is 0.309 e. The van der Waals surface area contributed by atoms with Gasteiger partial charge in [0.1, 0.15) is 12.3 Å². The van der Waals surface area contributed by atoms with Gasteiger partial charge < -0.3 is 4.74 Å². The molecule has 3 rings (SSSR count). The molecule has 0 N–H and O–H groups in total. The van der Waals surface area contributed by atoms with Crippen LogP contribution in [-0.2, 0) is 9.53 Å². The zero-order valence-corrected chi connectivity index (χ0v) is 16.1. The summed E-state index contributed by atoms with van der Waals surface area (Å²) in [5.41, 5.74) is 0. The zero-order valence-electron chi connectivity index (χ0n) is 16.1. The third-order valence-electron chi connectivity index (χ3n) is 7.19. The number of rotatable bonds is 5. The van der Waals surface area contributed by atoms with Crippen LogP contribution in [0.5, 0.6) is 0 Å². The Kier molecular flexibility index (Phi) is 13.3. The summed E-state index contributed by atoms with van der Waals surface area (Å²) in [5, 5.41) is 0. The Bertz CT molecular complexity index is 401. The Morgan fingerprint density at radius 3 is 1.71 bits per heavy atom. The van der Waals surface area contributed by atoms with Gasteiger partial charge in [-0.25, -0.2) is 4.39 Å². The van der Waals surface area contributed by atoms with Gasteiger partial charge in [-0.15, -0.1) is 0 Å². The van der Waals surface area contributed by atoms with E-state index in [-0.39, 0.29) is 40.3 Å². The fraction of sp³-hybridized carbons (Fsp3) is 0.960. The number of ether oxygens (including phenoxy) is 1.